The van der Waals surface area contributed by atoms with Crippen LogP contribution in [0.5, 0.6) is 5.75 Å². The smallest absolute Gasteiger partial charge is 0.119 e. The molecular formula is C24H26NOP. The minimum Gasteiger partial charge on any atom is -0.508 e. The van der Waals surface area contributed by atoms with Gasteiger partial charge < -0.3 is 5.11 Å². The van der Waals surface area contributed by atoms with E-state index < -0.39 is 0 Å². The lowest BCUT2D eigenvalue weighted by molar-refractivity contribution is 0.456. The molecule has 0 fully saturated rings. The van der Waals surface area contributed by atoms with Crippen molar-refractivity contribution in [2.45, 2.75) is 32.3 Å². The molecule has 0 amide bonds. The number of benzene rings is 3. The molecule has 0 spiro atoms. The van der Waals surface area contributed by atoms with Crippen LogP contribution in [0, 0.1) is 6.92 Å². The zero-order chi connectivity index (χ0) is 19.3. The van der Waals surface area contributed by atoms with Crippen molar-refractivity contribution in [3.05, 3.63) is 89.5 Å². The molecule has 3 aromatic rings. The average molecular weight is 375 g/mol. The third kappa shape index (κ3) is 4.64. The summed E-state index contributed by atoms with van der Waals surface area (Å²) in [6, 6.07) is 24.3. The molecule has 138 valence electrons. The molecule has 0 aromatic heterocycles. The number of para-hydroxylation sites is 1. The number of hydrogen-bond acceptors (Lipinski definition) is 2. The van der Waals surface area contributed by atoms with E-state index in [1.807, 2.05) is 54.7 Å². The summed E-state index contributed by atoms with van der Waals surface area (Å²) in [5.41, 5.74) is 4.28. The van der Waals surface area contributed by atoms with Gasteiger partial charge in [0.15, 0.2) is 0 Å². The number of aromatic hydroxyl groups is 1. The molecule has 0 saturated carbocycles. The van der Waals surface area contributed by atoms with Crippen LogP contribution in [0.4, 0.5) is 5.69 Å². The Morgan fingerprint density at radius 2 is 1.70 bits per heavy atom. The van der Waals surface area contributed by atoms with Gasteiger partial charge in [0.1, 0.15) is 5.75 Å². The van der Waals surface area contributed by atoms with Gasteiger partial charge in [0.05, 0.1) is 5.69 Å². The Morgan fingerprint density at radius 1 is 1.00 bits per heavy atom. The fourth-order valence-corrected chi connectivity index (χ4v) is 4.69. The number of aliphatic imine (C=N–C) groups is 1. The second kappa shape index (κ2) is 8.50. The fraction of sp³-hybridized carbons (Fsp3) is 0.208. The molecule has 0 saturated heterocycles. The number of phenols is 1. The van der Waals surface area contributed by atoms with Gasteiger partial charge in [0.2, 0.25) is 0 Å². The summed E-state index contributed by atoms with van der Waals surface area (Å²) in [6.07, 6.45) is 2.90. The first-order chi connectivity index (χ1) is 13.0. The van der Waals surface area contributed by atoms with Gasteiger partial charge in [-0.3, -0.25) is 4.99 Å². The lowest BCUT2D eigenvalue weighted by Crippen LogP contribution is -2.20. The molecule has 3 rings (SSSR count). The molecule has 2 nitrogen and oxygen atoms in total. The molecule has 0 aliphatic carbocycles. The minimum atomic E-state index is -0.118. The van der Waals surface area contributed by atoms with Gasteiger partial charge >= 0.3 is 0 Å². The molecule has 0 aliphatic rings. The highest BCUT2D eigenvalue weighted by Gasteiger charge is 2.28. The maximum absolute atomic E-state index is 10.5. The number of nitrogens with zero attached hydrogens (tertiary/aromatic N) is 1. The van der Waals surface area contributed by atoms with Crippen LogP contribution in [0.3, 0.4) is 0 Å². The highest BCUT2D eigenvalue weighted by molar-refractivity contribution is 7.48. The van der Waals surface area contributed by atoms with Gasteiger partial charge in [-0.25, -0.2) is 0 Å². The Balaban J connectivity index is 1.94. The molecule has 1 N–H and O–H groups in total. The van der Waals surface area contributed by atoms with E-state index >= 15 is 0 Å². The Hall–Kier alpha value is -2.44. The Labute approximate surface area is 163 Å². The number of phenolic OH excluding ortho intramolecular Hbond substituents is 1. The summed E-state index contributed by atoms with van der Waals surface area (Å²) in [4.78, 5) is 4.63. The van der Waals surface area contributed by atoms with Gasteiger partial charge in [-0.15, -0.1) is 0 Å². The maximum atomic E-state index is 10.5. The second-order valence-corrected chi connectivity index (χ2v) is 8.90. The molecule has 2 atom stereocenters. The van der Waals surface area contributed by atoms with Crippen molar-refractivity contribution in [2.24, 2.45) is 4.99 Å². The quantitative estimate of drug-likeness (QED) is 0.411. The van der Waals surface area contributed by atoms with Gasteiger partial charge in [0.25, 0.3) is 0 Å². The van der Waals surface area contributed by atoms with E-state index in [-0.39, 0.29) is 5.16 Å². The van der Waals surface area contributed by atoms with Crippen molar-refractivity contribution in [2.75, 3.05) is 0 Å². The van der Waals surface area contributed by atoms with Crippen LogP contribution in [-0.2, 0) is 5.16 Å². The summed E-state index contributed by atoms with van der Waals surface area (Å²) in [7, 11) is 0.534. The third-order valence-corrected chi connectivity index (χ3v) is 6.83. The highest BCUT2D eigenvalue weighted by Crippen LogP contribution is 2.47. The van der Waals surface area contributed by atoms with E-state index in [9.17, 15) is 5.11 Å². The van der Waals surface area contributed by atoms with E-state index in [4.69, 9.17) is 0 Å². The van der Waals surface area contributed by atoms with Gasteiger partial charge in [0, 0.05) is 22.5 Å². The molecule has 3 aromatic carbocycles. The van der Waals surface area contributed by atoms with Gasteiger partial charge in [-0.1, -0.05) is 82.6 Å². The van der Waals surface area contributed by atoms with Crippen LogP contribution in [0.15, 0.2) is 77.8 Å². The minimum absolute atomic E-state index is 0.118. The van der Waals surface area contributed by atoms with Crippen molar-refractivity contribution in [3.63, 3.8) is 0 Å². The molecule has 0 aliphatic heterocycles. The summed E-state index contributed by atoms with van der Waals surface area (Å²) < 4.78 is 0. The van der Waals surface area contributed by atoms with Crippen LogP contribution in [0.25, 0.3) is 0 Å². The van der Waals surface area contributed by atoms with Crippen molar-refractivity contribution in [3.8, 4) is 5.75 Å². The predicted molar refractivity (Wildman–Crippen MR) is 119 cm³/mol. The molecule has 2 unspecified atom stereocenters. The molecule has 0 heterocycles. The lowest BCUT2D eigenvalue weighted by Gasteiger charge is -2.30. The Kier molecular flexibility index (Phi) is 6.08. The summed E-state index contributed by atoms with van der Waals surface area (Å²) in [5, 5.41) is 11.6. The van der Waals surface area contributed by atoms with Crippen LogP contribution < -0.4 is 5.30 Å². The third-order valence-electron chi connectivity index (χ3n) is 4.93. The zero-order valence-corrected chi connectivity index (χ0v) is 17.1. The van der Waals surface area contributed by atoms with E-state index in [0.29, 0.717) is 14.3 Å². The standard InChI is InChI=1S/C24H26NOP/c1-4-24(3,21-16-18(2)14-15-22(21)26)27-23-13-9-8-10-19(23)17-25-20-11-6-5-7-12-20/h5-17,26-27H,4H2,1-3H3. The topological polar surface area (TPSA) is 32.6 Å². The van der Waals surface area contributed by atoms with Crippen LogP contribution in [-0.4, -0.2) is 11.3 Å². The lowest BCUT2D eigenvalue weighted by atomic mass is 9.95. The summed E-state index contributed by atoms with van der Waals surface area (Å²) in [5.74, 6) is 0.382. The predicted octanol–water partition coefficient (Wildman–Crippen LogP) is 6.08. The van der Waals surface area contributed by atoms with Crippen molar-refractivity contribution in [1.29, 1.82) is 0 Å². The molecular weight excluding hydrogens is 349 g/mol. The van der Waals surface area contributed by atoms with Crippen LogP contribution >= 0.6 is 8.58 Å². The largest absolute Gasteiger partial charge is 0.508 e. The van der Waals surface area contributed by atoms with Crippen molar-refractivity contribution >= 4 is 25.8 Å². The first-order valence-corrected chi connectivity index (χ1v) is 10.3. The fourth-order valence-electron chi connectivity index (χ4n) is 3.12. The molecule has 0 radical (unpaired) electrons. The zero-order valence-electron chi connectivity index (χ0n) is 16.1. The molecule has 3 heteroatoms. The van der Waals surface area contributed by atoms with E-state index in [0.717, 1.165) is 23.2 Å². The molecule has 27 heavy (non-hydrogen) atoms. The summed E-state index contributed by atoms with van der Waals surface area (Å²) >= 11 is 0. The van der Waals surface area contributed by atoms with Crippen LogP contribution in [0.2, 0.25) is 0 Å². The Bertz CT molecular complexity index is 936. The van der Waals surface area contributed by atoms with Gasteiger partial charge in [-0.05, 0) is 36.8 Å². The molecule has 0 bridgehead atoms. The Morgan fingerprint density at radius 3 is 2.44 bits per heavy atom. The SMILES string of the molecule is CCC(C)(Pc1ccccc1C=Nc1ccccc1)c1cc(C)ccc1O. The average Bonchev–Trinajstić information content (AvgIpc) is 2.70. The first-order valence-electron chi connectivity index (χ1n) is 9.28. The maximum Gasteiger partial charge on any atom is 0.119 e. The van der Waals surface area contributed by atoms with E-state index in [1.165, 1.54) is 10.9 Å². The number of rotatable bonds is 6. The summed E-state index contributed by atoms with van der Waals surface area (Å²) in [6.45, 7) is 6.50. The van der Waals surface area contributed by atoms with Crippen LogP contribution in [0.1, 0.15) is 37.0 Å². The highest BCUT2D eigenvalue weighted by atomic mass is 31.1. The van der Waals surface area contributed by atoms with Crippen molar-refractivity contribution < 1.29 is 5.11 Å². The van der Waals surface area contributed by atoms with E-state index in [2.05, 4.69) is 50.0 Å². The van der Waals surface area contributed by atoms with Gasteiger partial charge in [-0.2, -0.15) is 0 Å². The first kappa shape index (κ1) is 19.3. The van der Waals surface area contributed by atoms with E-state index in [1.54, 1.807) is 0 Å². The normalized spacial score (nSPS) is 14.0. The van der Waals surface area contributed by atoms with Crippen molar-refractivity contribution in [1.82, 2.24) is 0 Å². The number of hydrogen-bond donors (Lipinski definition) is 1. The second-order valence-electron chi connectivity index (χ2n) is 7.01. The monoisotopic (exact) mass is 375 g/mol. The number of aryl methyl sites for hydroxylation is 1.